The largest absolute Gasteiger partial charge is 0.468 e. The highest BCUT2D eigenvalue weighted by Crippen LogP contribution is 2.47. The predicted octanol–water partition coefficient (Wildman–Crippen LogP) is 5.70. The van der Waals surface area contributed by atoms with Crippen molar-refractivity contribution in [3.63, 3.8) is 0 Å². The molecule has 3 fully saturated rings. The molecule has 0 bridgehead atoms. The summed E-state index contributed by atoms with van der Waals surface area (Å²) >= 11 is 15.0. The number of carbonyl (C=O) groups excluding carboxylic acids is 4. The highest BCUT2D eigenvalue weighted by Gasteiger charge is 2.47. The van der Waals surface area contributed by atoms with E-state index in [-0.39, 0.29) is 39.2 Å². The lowest BCUT2D eigenvalue weighted by Crippen LogP contribution is -2.52. The van der Waals surface area contributed by atoms with E-state index in [0.717, 1.165) is 56.6 Å². The zero-order valence-corrected chi connectivity index (χ0v) is 31.5. The third-order valence-corrected chi connectivity index (χ3v) is 12.5. The zero-order valence-electron chi connectivity index (χ0n) is 29.2. The molecule has 1 aromatic heterocycles. The maximum Gasteiger partial charge on any atom is 0.336 e. The zero-order chi connectivity index (χ0) is 36.1. The second-order valence-electron chi connectivity index (χ2n) is 13.7. The van der Waals surface area contributed by atoms with Gasteiger partial charge in [-0.3, -0.25) is 24.3 Å². The van der Waals surface area contributed by atoms with Gasteiger partial charge in [0.25, 0.3) is 0 Å². The lowest BCUT2D eigenvalue weighted by Gasteiger charge is -2.42. The van der Waals surface area contributed by atoms with Crippen LogP contribution in [0.1, 0.15) is 74.3 Å². The number of methoxy groups -OCH3 is 2. The van der Waals surface area contributed by atoms with Crippen LogP contribution in [0, 0.1) is 5.92 Å². The predicted molar refractivity (Wildman–Crippen MR) is 196 cm³/mol. The second-order valence-corrected chi connectivity index (χ2v) is 15.5. The third-order valence-electron chi connectivity index (χ3n) is 11.0. The molecule has 14 heteroatoms. The summed E-state index contributed by atoms with van der Waals surface area (Å²) in [6.07, 6.45) is 9.39. The first-order chi connectivity index (χ1) is 24.7. The summed E-state index contributed by atoms with van der Waals surface area (Å²) < 4.78 is 10.5. The van der Waals surface area contributed by atoms with E-state index in [1.807, 2.05) is 10.3 Å². The number of rotatable bonds is 12. The van der Waals surface area contributed by atoms with Crippen molar-refractivity contribution >= 4 is 64.0 Å². The number of amides is 2. The minimum absolute atomic E-state index is 0.0311. The Labute approximate surface area is 313 Å². The number of ether oxygens (including phenoxy) is 2. The van der Waals surface area contributed by atoms with Gasteiger partial charge in [0.1, 0.15) is 5.92 Å². The summed E-state index contributed by atoms with van der Waals surface area (Å²) in [5.74, 6) is -3.25. The van der Waals surface area contributed by atoms with Crippen molar-refractivity contribution in [2.24, 2.45) is 10.9 Å². The quantitative estimate of drug-likeness (QED) is 0.253. The van der Waals surface area contributed by atoms with Crippen LogP contribution in [0.2, 0.25) is 10.0 Å². The molecule has 6 rings (SSSR count). The molecular formula is C37H45Cl2N5O6S. The van der Waals surface area contributed by atoms with Gasteiger partial charge in [0.05, 0.1) is 36.9 Å². The van der Waals surface area contributed by atoms with Crippen LogP contribution < -0.4 is 0 Å². The highest BCUT2D eigenvalue weighted by atomic mass is 35.5. The lowest BCUT2D eigenvalue weighted by molar-refractivity contribution is -0.144. The fraction of sp³-hybridized carbons (Fsp3) is 0.568. The molecule has 51 heavy (non-hydrogen) atoms. The summed E-state index contributed by atoms with van der Waals surface area (Å²) in [6, 6.07) is 4.98. The van der Waals surface area contributed by atoms with E-state index in [9.17, 15) is 19.2 Å². The first-order valence-electron chi connectivity index (χ1n) is 17.8. The van der Waals surface area contributed by atoms with Crippen molar-refractivity contribution < 1.29 is 28.7 Å². The average Bonchev–Trinajstić information content (AvgIpc) is 3.93. The minimum Gasteiger partial charge on any atom is -0.468 e. The van der Waals surface area contributed by atoms with E-state index >= 15 is 0 Å². The number of thiazole rings is 1. The molecule has 2 saturated heterocycles. The summed E-state index contributed by atoms with van der Waals surface area (Å²) in [7, 11) is 2.54. The number of hydrogen-bond acceptors (Lipinski definition) is 10. The summed E-state index contributed by atoms with van der Waals surface area (Å²) in [6.45, 7) is 4.22. The Hall–Kier alpha value is -3.32. The van der Waals surface area contributed by atoms with Gasteiger partial charge >= 0.3 is 11.9 Å². The van der Waals surface area contributed by atoms with Gasteiger partial charge < -0.3 is 19.3 Å². The van der Waals surface area contributed by atoms with Crippen molar-refractivity contribution in [2.45, 2.75) is 75.7 Å². The molecule has 2 amide bonds. The normalized spacial score (nSPS) is 22.4. The molecule has 2 atom stereocenters. The van der Waals surface area contributed by atoms with Crippen molar-refractivity contribution in [1.82, 2.24) is 19.7 Å². The minimum atomic E-state index is -1.04. The molecule has 2 aromatic rings. The first kappa shape index (κ1) is 37.4. The summed E-state index contributed by atoms with van der Waals surface area (Å²) in [5, 5.41) is 3.26. The first-order valence-corrected chi connectivity index (χ1v) is 19.4. The maximum atomic E-state index is 14.0. The van der Waals surface area contributed by atoms with E-state index < -0.39 is 23.8 Å². The van der Waals surface area contributed by atoms with Crippen LogP contribution in [-0.2, 0) is 35.1 Å². The molecule has 0 radical (unpaired) electrons. The molecule has 0 N–H and O–H groups in total. The Morgan fingerprint density at radius 1 is 0.980 bits per heavy atom. The molecule has 4 aliphatic rings. The number of halogens is 2. The molecule has 1 saturated carbocycles. The lowest BCUT2D eigenvalue weighted by atomic mass is 9.74. The fourth-order valence-corrected chi connectivity index (χ4v) is 9.60. The number of aromatic nitrogens is 1. The Morgan fingerprint density at radius 2 is 1.71 bits per heavy atom. The van der Waals surface area contributed by atoms with E-state index in [4.69, 9.17) is 37.7 Å². The number of aliphatic imine (C=N–C) groups is 1. The molecule has 2 unspecified atom stereocenters. The monoisotopic (exact) mass is 757 g/mol. The summed E-state index contributed by atoms with van der Waals surface area (Å²) in [5.41, 5.74) is 1.08. The van der Waals surface area contributed by atoms with Crippen molar-refractivity contribution in [3.05, 3.63) is 61.7 Å². The molecule has 0 spiro atoms. The van der Waals surface area contributed by atoms with Crippen LogP contribution in [0.4, 0.5) is 0 Å². The van der Waals surface area contributed by atoms with Gasteiger partial charge in [0, 0.05) is 90.9 Å². The van der Waals surface area contributed by atoms with Crippen LogP contribution in [0.3, 0.4) is 0 Å². The number of piperazine rings is 1. The number of nitrogens with zero attached hydrogens (tertiary/aromatic N) is 5. The number of benzene rings is 1. The van der Waals surface area contributed by atoms with Gasteiger partial charge in [-0.15, -0.1) is 11.3 Å². The highest BCUT2D eigenvalue weighted by molar-refractivity contribution is 7.09. The smallest absolute Gasteiger partial charge is 0.336 e. The summed E-state index contributed by atoms with van der Waals surface area (Å²) in [4.78, 5) is 69.6. The van der Waals surface area contributed by atoms with Gasteiger partial charge in [-0.05, 0) is 49.8 Å². The number of likely N-dealkylation sites (tertiary alicyclic amines) is 1. The van der Waals surface area contributed by atoms with Crippen LogP contribution in [0.5, 0.6) is 0 Å². The standard InChI is InChI=1S/C37H45Cl2N5O6S/c1-49-35(47)32-26(10-11-28-40-15-22-51-28)41-27(33(36(48)50-2)34(32)31-24(38)7-5-8-25(31)39)23-30(46)43-20-18-42(19-21-43)17-14-37(12-3-4-13-37)44-16-6-9-29(44)45/h5,7-8,15,22,32,34H,3-4,6,9-14,16-21,23H2,1-2H3. The number of esters is 2. The second kappa shape index (κ2) is 16.6. The Bertz CT molecular complexity index is 1660. The van der Waals surface area contributed by atoms with Crippen molar-refractivity contribution in [3.8, 4) is 0 Å². The Kier molecular flexibility index (Phi) is 12.2. The van der Waals surface area contributed by atoms with E-state index in [1.165, 1.54) is 25.6 Å². The van der Waals surface area contributed by atoms with E-state index in [0.29, 0.717) is 62.6 Å². The van der Waals surface area contributed by atoms with Gasteiger partial charge in [0.2, 0.25) is 11.8 Å². The van der Waals surface area contributed by atoms with Crippen molar-refractivity contribution in [2.75, 3.05) is 53.5 Å². The van der Waals surface area contributed by atoms with Crippen molar-refractivity contribution in [1.29, 1.82) is 0 Å². The third kappa shape index (κ3) is 8.04. The van der Waals surface area contributed by atoms with Gasteiger partial charge in [-0.25, -0.2) is 9.78 Å². The number of carbonyl (C=O) groups is 4. The fourth-order valence-electron chi connectivity index (χ4n) is 8.35. The molecule has 11 nitrogen and oxygen atoms in total. The van der Waals surface area contributed by atoms with Gasteiger partial charge in [0.15, 0.2) is 0 Å². The van der Waals surface area contributed by atoms with Gasteiger partial charge in [-0.2, -0.15) is 0 Å². The maximum absolute atomic E-state index is 14.0. The number of aryl methyl sites for hydroxylation is 1. The van der Waals surface area contributed by atoms with Gasteiger partial charge in [-0.1, -0.05) is 42.1 Å². The molecular weight excluding hydrogens is 713 g/mol. The topological polar surface area (TPSA) is 122 Å². The van der Waals surface area contributed by atoms with E-state index in [2.05, 4.69) is 14.8 Å². The molecule has 3 aliphatic heterocycles. The van der Waals surface area contributed by atoms with Crippen LogP contribution in [0.15, 0.2) is 46.0 Å². The number of hydrogen-bond donors (Lipinski definition) is 0. The Balaban J connectivity index is 1.24. The van der Waals surface area contributed by atoms with Crippen LogP contribution in [-0.4, -0.2) is 108 Å². The van der Waals surface area contributed by atoms with Crippen LogP contribution >= 0.6 is 34.5 Å². The SMILES string of the molecule is COC(=O)C1=C(CC(=O)N2CCN(CCC3(N4CCCC4=O)CCCC3)CC2)N=C(CCc2nccs2)C(C(=O)OC)C1c1c(Cl)cccc1Cl. The molecule has 4 heterocycles. The van der Waals surface area contributed by atoms with E-state index in [1.54, 1.807) is 24.4 Å². The average molecular weight is 759 g/mol. The Morgan fingerprint density at radius 3 is 2.31 bits per heavy atom. The molecule has 1 aromatic carbocycles. The van der Waals surface area contributed by atoms with Crippen LogP contribution in [0.25, 0.3) is 0 Å². The molecule has 274 valence electrons. The molecule has 1 aliphatic carbocycles.